The van der Waals surface area contributed by atoms with Crippen molar-refractivity contribution >= 4 is 15.9 Å². The molecule has 1 aliphatic heterocycles. The van der Waals surface area contributed by atoms with Crippen LogP contribution in [0.4, 0.5) is 0 Å². The Kier molecular flexibility index (Phi) is 7.44. The zero-order chi connectivity index (χ0) is 18.3. The Morgan fingerprint density at radius 3 is 2.28 bits per heavy atom. The highest BCUT2D eigenvalue weighted by molar-refractivity contribution is 7.88. The van der Waals surface area contributed by atoms with Crippen molar-refractivity contribution in [2.24, 2.45) is 5.92 Å². The molecule has 140 valence electrons. The van der Waals surface area contributed by atoms with Crippen LogP contribution >= 0.6 is 0 Å². The fraction of sp³-hybridized carbons (Fsp3) is 0.632. The van der Waals surface area contributed by atoms with E-state index in [4.69, 9.17) is 0 Å². The van der Waals surface area contributed by atoms with Crippen molar-refractivity contribution in [3.63, 3.8) is 0 Å². The highest BCUT2D eigenvalue weighted by Gasteiger charge is 2.30. The van der Waals surface area contributed by atoms with Crippen LogP contribution in [0.5, 0.6) is 0 Å². The molecule has 5 nitrogen and oxygen atoms in total. The minimum absolute atomic E-state index is 0.0237. The molecular formula is C19H30N2O3S. The molecule has 0 aromatic heterocycles. The Labute approximate surface area is 152 Å². The van der Waals surface area contributed by atoms with Crippen molar-refractivity contribution < 1.29 is 13.2 Å². The Hall–Kier alpha value is -1.40. The number of rotatable bonds is 8. The molecular weight excluding hydrogens is 336 g/mol. The van der Waals surface area contributed by atoms with Crippen molar-refractivity contribution in [2.45, 2.75) is 45.3 Å². The van der Waals surface area contributed by atoms with Crippen molar-refractivity contribution in [1.29, 1.82) is 0 Å². The molecule has 1 aliphatic rings. The smallest absolute Gasteiger partial charge is 0.225 e. The molecule has 1 aromatic carbocycles. The standard InChI is InChI=1S/C19H30N2O3S/c1-3-5-11-18(4-2)19(22)20-12-14-21(15-13-20)25(23,24)16-17-9-7-6-8-10-17/h6-10,18H,3-5,11-16H2,1-2H3. The molecule has 0 spiro atoms. The van der Waals surface area contributed by atoms with E-state index >= 15 is 0 Å². The molecule has 0 aliphatic carbocycles. The highest BCUT2D eigenvalue weighted by Crippen LogP contribution is 2.19. The van der Waals surface area contributed by atoms with Crippen LogP contribution in [-0.2, 0) is 20.6 Å². The maximum absolute atomic E-state index is 12.6. The first-order valence-corrected chi connectivity index (χ1v) is 10.9. The lowest BCUT2D eigenvalue weighted by atomic mass is 9.97. The van der Waals surface area contributed by atoms with Gasteiger partial charge in [-0.15, -0.1) is 0 Å². The number of unbranched alkanes of at least 4 members (excludes halogenated alkanes) is 1. The number of piperazine rings is 1. The van der Waals surface area contributed by atoms with Crippen LogP contribution in [0.15, 0.2) is 30.3 Å². The predicted molar refractivity (Wildman–Crippen MR) is 101 cm³/mol. The first kappa shape index (κ1) is 19.9. The topological polar surface area (TPSA) is 57.7 Å². The summed E-state index contributed by atoms with van der Waals surface area (Å²) in [6.07, 6.45) is 3.94. The second kappa shape index (κ2) is 9.34. The highest BCUT2D eigenvalue weighted by atomic mass is 32.2. The van der Waals surface area contributed by atoms with E-state index in [1.165, 1.54) is 4.31 Å². The Morgan fingerprint density at radius 1 is 1.08 bits per heavy atom. The minimum atomic E-state index is -3.33. The van der Waals surface area contributed by atoms with Crippen molar-refractivity contribution in [3.05, 3.63) is 35.9 Å². The summed E-state index contributed by atoms with van der Waals surface area (Å²) in [6.45, 7) is 5.97. The van der Waals surface area contributed by atoms with E-state index in [1.807, 2.05) is 35.2 Å². The summed E-state index contributed by atoms with van der Waals surface area (Å²) in [5, 5.41) is 0. The number of carbonyl (C=O) groups is 1. The molecule has 0 bridgehead atoms. The van der Waals surface area contributed by atoms with Gasteiger partial charge in [-0.05, 0) is 18.4 Å². The van der Waals surface area contributed by atoms with E-state index in [-0.39, 0.29) is 17.6 Å². The quantitative estimate of drug-likeness (QED) is 0.711. The van der Waals surface area contributed by atoms with Gasteiger partial charge in [0.15, 0.2) is 0 Å². The third-order valence-corrected chi connectivity index (χ3v) is 6.73. The summed E-state index contributed by atoms with van der Waals surface area (Å²) < 4.78 is 26.7. The van der Waals surface area contributed by atoms with E-state index in [9.17, 15) is 13.2 Å². The Balaban J connectivity index is 1.91. The summed E-state index contributed by atoms with van der Waals surface area (Å²) >= 11 is 0. The molecule has 1 heterocycles. The largest absolute Gasteiger partial charge is 0.340 e. The zero-order valence-electron chi connectivity index (χ0n) is 15.4. The molecule has 1 aromatic rings. The van der Waals surface area contributed by atoms with Gasteiger partial charge in [-0.1, -0.05) is 57.0 Å². The minimum Gasteiger partial charge on any atom is -0.340 e. The lowest BCUT2D eigenvalue weighted by Gasteiger charge is -2.35. The third-order valence-electron chi connectivity index (χ3n) is 4.88. The van der Waals surface area contributed by atoms with Crippen LogP contribution in [0.3, 0.4) is 0 Å². The first-order valence-electron chi connectivity index (χ1n) is 9.28. The molecule has 0 N–H and O–H groups in total. The molecule has 0 saturated carbocycles. The van der Waals surface area contributed by atoms with Crippen LogP contribution in [0.1, 0.15) is 45.1 Å². The van der Waals surface area contributed by atoms with Gasteiger partial charge in [-0.25, -0.2) is 8.42 Å². The molecule has 1 amide bonds. The van der Waals surface area contributed by atoms with Gasteiger partial charge in [-0.3, -0.25) is 4.79 Å². The van der Waals surface area contributed by atoms with Crippen molar-refractivity contribution in [3.8, 4) is 0 Å². The second-order valence-corrected chi connectivity index (χ2v) is 8.68. The van der Waals surface area contributed by atoms with Crippen LogP contribution in [0.25, 0.3) is 0 Å². The summed E-state index contributed by atoms with van der Waals surface area (Å²) in [7, 11) is -3.33. The zero-order valence-corrected chi connectivity index (χ0v) is 16.2. The molecule has 25 heavy (non-hydrogen) atoms. The fourth-order valence-electron chi connectivity index (χ4n) is 3.27. The van der Waals surface area contributed by atoms with Crippen LogP contribution in [-0.4, -0.2) is 49.7 Å². The normalized spacial score (nSPS) is 17.4. The molecule has 6 heteroatoms. The second-order valence-electron chi connectivity index (χ2n) is 6.71. The van der Waals surface area contributed by atoms with Gasteiger partial charge in [0.1, 0.15) is 0 Å². The van der Waals surface area contributed by atoms with Crippen LogP contribution < -0.4 is 0 Å². The Bertz CT molecular complexity index is 638. The Morgan fingerprint density at radius 2 is 1.72 bits per heavy atom. The number of carbonyl (C=O) groups excluding carboxylic acids is 1. The van der Waals surface area contributed by atoms with E-state index < -0.39 is 10.0 Å². The molecule has 1 unspecified atom stereocenters. The van der Waals surface area contributed by atoms with Crippen LogP contribution in [0, 0.1) is 5.92 Å². The first-order chi connectivity index (χ1) is 12.0. The van der Waals surface area contributed by atoms with E-state index in [0.717, 1.165) is 31.2 Å². The van der Waals surface area contributed by atoms with Gasteiger partial charge in [0.2, 0.25) is 15.9 Å². The number of amides is 1. The van der Waals surface area contributed by atoms with Crippen molar-refractivity contribution in [1.82, 2.24) is 9.21 Å². The lowest BCUT2D eigenvalue weighted by molar-refractivity contribution is -0.137. The van der Waals surface area contributed by atoms with Gasteiger partial charge in [-0.2, -0.15) is 4.31 Å². The number of benzene rings is 1. The summed E-state index contributed by atoms with van der Waals surface area (Å²) in [4.78, 5) is 14.5. The third kappa shape index (κ3) is 5.54. The van der Waals surface area contributed by atoms with Crippen LogP contribution in [0.2, 0.25) is 0 Å². The predicted octanol–water partition coefficient (Wildman–Crippen LogP) is 2.88. The van der Waals surface area contributed by atoms with E-state index in [2.05, 4.69) is 13.8 Å². The fourth-order valence-corrected chi connectivity index (χ4v) is 4.79. The van der Waals surface area contributed by atoms with Gasteiger partial charge in [0, 0.05) is 32.1 Å². The lowest BCUT2D eigenvalue weighted by Crippen LogP contribution is -2.52. The summed E-state index contributed by atoms with van der Waals surface area (Å²) in [5.41, 5.74) is 0.798. The van der Waals surface area contributed by atoms with Gasteiger partial charge in [0.25, 0.3) is 0 Å². The van der Waals surface area contributed by atoms with Gasteiger partial charge < -0.3 is 4.90 Å². The maximum atomic E-state index is 12.6. The average Bonchev–Trinajstić information content (AvgIpc) is 2.63. The average molecular weight is 367 g/mol. The number of nitrogens with zero attached hydrogens (tertiary/aromatic N) is 2. The molecule has 1 atom stereocenters. The van der Waals surface area contributed by atoms with E-state index in [1.54, 1.807) is 0 Å². The number of sulfonamides is 1. The van der Waals surface area contributed by atoms with Crippen molar-refractivity contribution in [2.75, 3.05) is 26.2 Å². The van der Waals surface area contributed by atoms with Gasteiger partial charge in [0.05, 0.1) is 5.75 Å². The summed E-state index contributed by atoms with van der Waals surface area (Å²) in [6, 6.07) is 9.24. The molecule has 0 radical (unpaired) electrons. The molecule has 1 saturated heterocycles. The number of hydrogen-bond acceptors (Lipinski definition) is 3. The summed E-state index contributed by atoms with van der Waals surface area (Å²) in [5.74, 6) is 0.291. The number of hydrogen-bond donors (Lipinski definition) is 0. The SMILES string of the molecule is CCCCC(CC)C(=O)N1CCN(S(=O)(=O)Cc2ccccc2)CC1. The maximum Gasteiger partial charge on any atom is 0.225 e. The van der Waals surface area contributed by atoms with Gasteiger partial charge >= 0.3 is 0 Å². The van der Waals surface area contributed by atoms with E-state index in [0.29, 0.717) is 26.2 Å². The monoisotopic (exact) mass is 366 g/mol. The molecule has 2 rings (SSSR count). The molecule has 1 fully saturated rings.